The predicted octanol–water partition coefficient (Wildman–Crippen LogP) is 4.73. The van der Waals surface area contributed by atoms with Gasteiger partial charge in [-0.15, -0.1) is 0 Å². The molecule has 0 aliphatic rings. The average molecular weight is 372 g/mol. The van der Waals surface area contributed by atoms with Gasteiger partial charge < -0.3 is 14.5 Å². The fourth-order valence-electron chi connectivity index (χ4n) is 2.98. The molecule has 3 heterocycles. The van der Waals surface area contributed by atoms with Crippen LogP contribution < -0.4 is 10.1 Å². The van der Waals surface area contributed by atoms with Crippen LogP contribution in [0.2, 0.25) is 0 Å². The molecule has 4 rings (SSSR count). The fourth-order valence-corrected chi connectivity index (χ4v) is 2.98. The number of nitrogens with one attached hydrogen (secondary N) is 1. The molecule has 3 aromatic heterocycles. The molecule has 0 atom stereocenters. The van der Waals surface area contributed by atoms with Crippen LogP contribution in [0, 0.1) is 6.92 Å². The van der Waals surface area contributed by atoms with Crippen molar-refractivity contribution >= 4 is 5.95 Å². The Balaban J connectivity index is 1.67. The van der Waals surface area contributed by atoms with E-state index in [1.807, 2.05) is 55.5 Å². The number of aromatic nitrogens is 3. The molecule has 4 aromatic rings. The van der Waals surface area contributed by atoms with E-state index in [9.17, 15) is 0 Å². The Morgan fingerprint density at radius 2 is 1.96 bits per heavy atom. The second-order valence-electron chi connectivity index (χ2n) is 6.27. The number of aryl methyl sites for hydroxylation is 1. The van der Waals surface area contributed by atoms with Gasteiger partial charge in [0.1, 0.15) is 11.5 Å². The first-order valence-electron chi connectivity index (χ1n) is 8.94. The van der Waals surface area contributed by atoms with Crippen molar-refractivity contribution in [1.82, 2.24) is 15.0 Å². The third kappa shape index (κ3) is 3.71. The van der Waals surface area contributed by atoms with Gasteiger partial charge in [0.25, 0.3) is 0 Å². The van der Waals surface area contributed by atoms with Gasteiger partial charge in [0.15, 0.2) is 0 Å². The van der Waals surface area contributed by atoms with Crippen molar-refractivity contribution in [2.45, 2.75) is 13.5 Å². The Labute approximate surface area is 163 Å². The Hall–Kier alpha value is -3.67. The molecule has 0 aliphatic heterocycles. The number of nitrogens with zero attached hydrogens (tertiary/aromatic N) is 3. The molecule has 28 heavy (non-hydrogen) atoms. The largest absolute Gasteiger partial charge is 0.497 e. The molecule has 1 aromatic carbocycles. The van der Waals surface area contributed by atoms with Crippen LogP contribution >= 0.6 is 0 Å². The third-order valence-electron chi connectivity index (χ3n) is 4.43. The van der Waals surface area contributed by atoms with E-state index in [2.05, 4.69) is 15.3 Å². The Kier molecular flexibility index (Phi) is 5.01. The fraction of sp³-hybridized carbons (Fsp3) is 0.136. The van der Waals surface area contributed by atoms with Crippen molar-refractivity contribution in [3.05, 3.63) is 78.5 Å². The normalized spacial score (nSPS) is 10.6. The summed E-state index contributed by atoms with van der Waals surface area (Å²) in [5.41, 5.74) is 4.47. The van der Waals surface area contributed by atoms with Crippen LogP contribution in [-0.4, -0.2) is 22.1 Å². The minimum atomic E-state index is 0.540. The molecule has 0 bridgehead atoms. The molecular weight excluding hydrogens is 352 g/mol. The minimum Gasteiger partial charge on any atom is -0.497 e. The number of furan rings is 1. The summed E-state index contributed by atoms with van der Waals surface area (Å²) < 4.78 is 10.8. The van der Waals surface area contributed by atoms with Gasteiger partial charge in [-0.2, -0.15) is 0 Å². The highest BCUT2D eigenvalue weighted by Crippen LogP contribution is 2.32. The maximum Gasteiger partial charge on any atom is 0.223 e. The number of rotatable bonds is 6. The van der Waals surface area contributed by atoms with Gasteiger partial charge in [-0.3, -0.25) is 4.98 Å². The van der Waals surface area contributed by atoms with Crippen LogP contribution in [0.4, 0.5) is 5.95 Å². The monoisotopic (exact) mass is 372 g/mol. The van der Waals surface area contributed by atoms with Crippen LogP contribution in [0.5, 0.6) is 5.75 Å². The lowest BCUT2D eigenvalue weighted by atomic mass is 10.1. The molecule has 1 N–H and O–H groups in total. The van der Waals surface area contributed by atoms with E-state index < -0.39 is 0 Å². The van der Waals surface area contributed by atoms with Gasteiger partial charge >= 0.3 is 0 Å². The second-order valence-corrected chi connectivity index (χ2v) is 6.27. The standard InChI is InChI=1S/C22H20N4O2/c1-15-18(9-11-28-15)21-19(20-8-3-4-10-23-20)14-25-22(26-21)24-13-16-6-5-7-17(12-16)27-2/h3-12,14H,13H2,1-2H3,(H,24,25,26). The molecule has 0 saturated heterocycles. The zero-order valence-corrected chi connectivity index (χ0v) is 15.7. The molecule has 0 radical (unpaired) electrons. The quantitative estimate of drug-likeness (QED) is 0.528. The van der Waals surface area contributed by atoms with E-state index in [4.69, 9.17) is 14.1 Å². The first-order chi connectivity index (χ1) is 13.7. The summed E-state index contributed by atoms with van der Waals surface area (Å²) >= 11 is 0. The lowest BCUT2D eigenvalue weighted by molar-refractivity contribution is 0.414. The van der Waals surface area contributed by atoms with Crippen LogP contribution in [0.15, 0.2) is 71.6 Å². The van der Waals surface area contributed by atoms with Crippen molar-refractivity contribution in [2.24, 2.45) is 0 Å². The number of hydrogen-bond donors (Lipinski definition) is 1. The van der Waals surface area contributed by atoms with Gasteiger partial charge in [0.2, 0.25) is 5.95 Å². The lowest BCUT2D eigenvalue weighted by Crippen LogP contribution is -2.05. The van der Waals surface area contributed by atoms with E-state index in [1.54, 1.807) is 25.8 Å². The highest BCUT2D eigenvalue weighted by Gasteiger charge is 2.16. The summed E-state index contributed by atoms with van der Waals surface area (Å²) in [5.74, 6) is 2.16. The van der Waals surface area contributed by atoms with Crippen molar-refractivity contribution < 1.29 is 9.15 Å². The number of anilines is 1. The SMILES string of the molecule is COc1cccc(CNc2ncc(-c3ccccn3)c(-c3ccoc3C)n2)c1. The average Bonchev–Trinajstić information content (AvgIpc) is 3.18. The maximum absolute atomic E-state index is 5.49. The molecule has 0 aliphatic carbocycles. The lowest BCUT2D eigenvalue weighted by Gasteiger charge is -2.11. The van der Waals surface area contributed by atoms with E-state index in [-0.39, 0.29) is 0 Å². The first kappa shape index (κ1) is 17.7. The summed E-state index contributed by atoms with van der Waals surface area (Å²) in [5, 5.41) is 3.28. The Bertz CT molecular complexity index is 1080. The molecule has 0 saturated carbocycles. The summed E-state index contributed by atoms with van der Waals surface area (Å²) in [6, 6.07) is 15.6. The molecule has 6 nitrogen and oxygen atoms in total. The van der Waals surface area contributed by atoms with Crippen LogP contribution in [0.1, 0.15) is 11.3 Å². The number of ether oxygens (including phenoxy) is 1. The van der Waals surface area contributed by atoms with Crippen LogP contribution in [-0.2, 0) is 6.54 Å². The molecule has 6 heteroatoms. The van der Waals surface area contributed by atoms with Crippen molar-refractivity contribution in [1.29, 1.82) is 0 Å². The highest BCUT2D eigenvalue weighted by molar-refractivity contribution is 5.79. The zero-order chi connectivity index (χ0) is 19.3. The van der Waals surface area contributed by atoms with Crippen molar-refractivity contribution in [3.8, 4) is 28.3 Å². The van der Waals surface area contributed by atoms with Crippen LogP contribution in [0.25, 0.3) is 22.5 Å². The van der Waals surface area contributed by atoms with E-state index in [0.29, 0.717) is 12.5 Å². The van der Waals surface area contributed by atoms with E-state index >= 15 is 0 Å². The van der Waals surface area contributed by atoms with Crippen LogP contribution in [0.3, 0.4) is 0 Å². The Morgan fingerprint density at radius 3 is 2.71 bits per heavy atom. The molecule has 0 amide bonds. The predicted molar refractivity (Wildman–Crippen MR) is 108 cm³/mol. The third-order valence-corrected chi connectivity index (χ3v) is 4.43. The highest BCUT2D eigenvalue weighted by atomic mass is 16.5. The first-order valence-corrected chi connectivity index (χ1v) is 8.94. The summed E-state index contributed by atoms with van der Waals surface area (Å²) in [6.45, 7) is 2.51. The molecule has 140 valence electrons. The zero-order valence-electron chi connectivity index (χ0n) is 15.7. The van der Waals surface area contributed by atoms with Gasteiger partial charge in [-0.05, 0) is 42.8 Å². The maximum atomic E-state index is 5.49. The molecule has 0 spiro atoms. The van der Waals surface area contributed by atoms with Crippen molar-refractivity contribution in [2.75, 3.05) is 12.4 Å². The van der Waals surface area contributed by atoms with E-state index in [0.717, 1.165) is 39.6 Å². The van der Waals surface area contributed by atoms with Crippen molar-refractivity contribution in [3.63, 3.8) is 0 Å². The van der Waals surface area contributed by atoms with Gasteiger partial charge in [0.05, 0.1) is 24.8 Å². The number of benzene rings is 1. The number of hydrogen-bond acceptors (Lipinski definition) is 6. The Morgan fingerprint density at radius 1 is 1.04 bits per heavy atom. The van der Waals surface area contributed by atoms with E-state index in [1.165, 1.54) is 0 Å². The number of pyridine rings is 1. The topological polar surface area (TPSA) is 73.1 Å². The molecule has 0 fully saturated rings. The summed E-state index contributed by atoms with van der Waals surface area (Å²) in [7, 11) is 1.66. The summed E-state index contributed by atoms with van der Waals surface area (Å²) in [6.07, 6.45) is 5.22. The van der Waals surface area contributed by atoms with Gasteiger partial charge in [-0.1, -0.05) is 18.2 Å². The second kappa shape index (κ2) is 7.92. The molecule has 0 unspecified atom stereocenters. The minimum absolute atomic E-state index is 0.540. The molecular formula is C22H20N4O2. The number of methoxy groups -OCH3 is 1. The summed E-state index contributed by atoms with van der Waals surface area (Å²) in [4.78, 5) is 13.7. The smallest absolute Gasteiger partial charge is 0.223 e. The van der Waals surface area contributed by atoms with Gasteiger partial charge in [-0.25, -0.2) is 9.97 Å². The van der Waals surface area contributed by atoms with Gasteiger partial charge in [0, 0.05) is 30.1 Å².